The van der Waals surface area contributed by atoms with Crippen molar-refractivity contribution in [3.8, 4) is 0 Å². The lowest BCUT2D eigenvalue weighted by Gasteiger charge is -2.28. The van der Waals surface area contributed by atoms with Gasteiger partial charge in [0, 0.05) is 12.1 Å². The zero-order chi connectivity index (χ0) is 16.3. The first-order chi connectivity index (χ1) is 10.4. The Morgan fingerprint density at radius 3 is 2.36 bits per heavy atom. The molecule has 0 aromatic heterocycles. The van der Waals surface area contributed by atoms with Crippen molar-refractivity contribution in [3.05, 3.63) is 29.8 Å². The second kappa shape index (κ2) is 6.48. The van der Waals surface area contributed by atoms with E-state index in [1.165, 1.54) is 12.0 Å². The standard InChI is InChI=1S/C15H19NO5S/c1-3-14(17)16(13-8-9-22(19,20)10-13)12-6-4-11(5-7-12)15(18)21-2/h4-7,13H,3,8-10H2,1-2H3. The van der Waals surface area contributed by atoms with Gasteiger partial charge in [-0.3, -0.25) is 4.79 Å². The topological polar surface area (TPSA) is 80.8 Å². The van der Waals surface area contributed by atoms with Crippen LogP contribution in [0.25, 0.3) is 0 Å². The molecule has 0 radical (unpaired) electrons. The van der Waals surface area contributed by atoms with Gasteiger partial charge < -0.3 is 9.64 Å². The predicted molar refractivity (Wildman–Crippen MR) is 82.6 cm³/mol. The summed E-state index contributed by atoms with van der Waals surface area (Å²) in [7, 11) is -1.79. The monoisotopic (exact) mass is 325 g/mol. The van der Waals surface area contributed by atoms with E-state index in [1.54, 1.807) is 31.2 Å². The number of carbonyl (C=O) groups is 2. The van der Waals surface area contributed by atoms with Gasteiger partial charge in [0.15, 0.2) is 9.84 Å². The molecule has 1 unspecified atom stereocenters. The van der Waals surface area contributed by atoms with Gasteiger partial charge in [0.25, 0.3) is 0 Å². The minimum absolute atomic E-state index is 0.0164. The minimum atomic E-state index is -3.08. The zero-order valence-corrected chi connectivity index (χ0v) is 13.4. The molecule has 0 N–H and O–H groups in total. The largest absolute Gasteiger partial charge is 0.465 e. The highest BCUT2D eigenvalue weighted by Crippen LogP contribution is 2.25. The lowest BCUT2D eigenvalue weighted by Crippen LogP contribution is -2.41. The Morgan fingerprint density at radius 2 is 1.91 bits per heavy atom. The number of methoxy groups -OCH3 is 1. The average Bonchev–Trinajstić information content (AvgIpc) is 2.87. The summed E-state index contributed by atoms with van der Waals surface area (Å²) in [5.74, 6) is -0.501. The van der Waals surface area contributed by atoms with Crippen molar-refractivity contribution in [2.45, 2.75) is 25.8 Å². The van der Waals surface area contributed by atoms with E-state index in [9.17, 15) is 18.0 Å². The highest BCUT2D eigenvalue weighted by atomic mass is 32.2. The molecule has 120 valence electrons. The summed E-state index contributed by atoms with van der Waals surface area (Å²) in [6, 6.07) is 6.08. The molecule has 2 rings (SSSR count). The number of hydrogen-bond acceptors (Lipinski definition) is 5. The minimum Gasteiger partial charge on any atom is -0.465 e. The van der Waals surface area contributed by atoms with E-state index >= 15 is 0 Å². The zero-order valence-electron chi connectivity index (χ0n) is 12.6. The third-order valence-corrected chi connectivity index (χ3v) is 5.46. The highest BCUT2D eigenvalue weighted by molar-refractivity contribution is 7.91. The number of rotatable bonds is 4. The van der Waals surface area contributed by atoms with Gasteiger partial charge >= 0.3 is 5.97 Å². The smallest absolute Gasteiger partial charge is 0.337 e. The van der Waals surface area contributed by atoms with Crippen LogP contribution in [0.5, 0.6) is 0 Å². The second-order valence-corrected chi connectivity index (χ2v) is 7.44. The van der Waals surface area contributed by atoms with Crippen LogP contribution in [0, 0.1) is 0 Å². The Labute approximate surface area is 130 Å². The van der Waals surface area contributed by atoms with Gasteiger partial charge in [0.1, 0.15) is 0 Å². The Hall–Kier alpha value is -1.89. The number of esters is 1. The second-order valence-electron chi connectivity index (χ2n) is 5.21. The van der Waals surface area contributed by atoms with Gasteiger partial charge in [-0.15, -0.1) is 0 Å². The van der Waals surface area contributed by atoms with E-state index in [2.05, 4.69) is 4.74 Å². The first-order valence-electron chi connectivity index (χ1n) is 7.09. The average molecular weight is 325 g/mol. The van der Waals surface area contributed by atoms with Crippen LogP contribution >= 0.6 is 0 Å². The number of hydrogen-bond donors (Lipinski definition) is 0. The molecule has 1 aliphatic rings. The van der Waals surface area contributed by atoms with Crippen LogP contribution in [0.15, 0.2) is 24.3 Å². The van der Waals surface area contributed by atoms with Gasteiger partial charge in [0.2, 0.25) is 5.91 Å². The first-order valence-corrected chi connectivity index (χ1v) is 8.91. The molecule has 1 aromatic rings. The maximum absolute atomic E-state index is 12.2. The van der Waals surface area contributed by atoms with Crippen molar-refractivity contribution in [3.63, 3.8) is 0 Å². The molecule has 1 fully saturated rings. The summed E-state index contributed by atoms with van der Waals surface area (Å²) in [5, 5.41) is 0. The molecule has 1 saturated heterocycles. The van der Waals surface area contributed by atoms with Crippen molar-refractivity contribution in [2.75, 3.05) is 23.5 Å². The quantitative estimate of drug-likeness (QED) is 0.782. The lowest BCUT2D eigenvalue weighted by atomic mass is 10.1. The fraction of sp³-hybridized carbons (Fsp3) is 0.467. The number of nitrogens with zero attached hydrogens (tertiary/aromatic N) is 1. The third kappa shape index (κ3) is 3.47. The van der Waals surface area contributed by atoms with E-state index in [0.717, 1.165) is 0 Å². The molecule has 1 amide bonds. The molecular formula is C15H19NO5S. The first kappa shape index (κ1) is 16.5. The van der Waals surface area contributed by atoms with E-state index in [1.807, 2.05) is 0 Å². The van der Waals surface area contributed by atoms with Crippen LogP contribution in [0.2, 0.25) is 0 Å². The SMILES string of the molecule is CCC(=O)N(c1ccc(C(=O)OC)cc1)C1CCS(=O)(=O)C1. The van der Waals surface area contributed by atoms with Crippen molar-refractivity contribution < 1.29 is 22.7 Å². The maximum atomic E-state index is 12.2. The fourth-order valence-corrected chi connectivity index (χ4v) is 4.28. The van der Waals surface area contributed by atoms with Crippen LogP contribution in [-0.4, -0.2) is 45.0 Å². The summed E-state index contributed by atoms with van der Waals surface area (Å²) >= 11 is 0. The summed E-state index contributed by atoms with van der Waals surface area (Å²) in [4.78, 5) is 25.2. The highest BCUT2D eigenvalue weighted by Gasteiger charge is 2.35. The summed E-state index contributed by atoms with van der Waals surface area (Å²) < 4.78 is 28.0. The normalized spacial score (nSPS) is 19.6. The number of benzene rings is 1. The predicted octanol–water partition coefficient (Wildman–Crippen LogP) is 1.40. The van der Waals surface area contributed by atoms with E-state index < -0.39 is 15.8 Å². The van der Waals surface area contributed by atoms with Gasteiger partial charge in [-0.1, -0.05) is 6.92 Å². The van der Waals surface area contributed by atoms with Gasteiger partial charge in [-0.2, -0.15) is 0 Å². The van der Waals surface area contributed by atoms with Gasteiger partial charge in [-0.25, -0.2) is 13.2 Å². The number of ether oxygens (including phenoxy) is 1. The van der Waals surface area contributed by atoms with Gasteiger partial charge in [-0.05, 0) is 30.7 Å². The molecule has 0 spiro atoms. The Bertz CT molecular complexity index is 666. The molecule has 1 atom stereocenters. The summed E-state index contributed by atoms with van der Waals surface area (Å²) in [5.41, 5.74) is 0.982. The molecule has 1 aromatic carbocycles. The molecule has 0 bridgehead atoms. The van der Waals surface area contributed by atoms with Crippen LogP contribution < -0.4 is 4.90 Å². The summed E-state index contributed by atoms with van der Waals surface area (Å²) in [6.45, 7) is 1.74. The number of carbonyl (C=O) groups excluding carboxylic acids is 2. The van der Waals surface area contributed by atoms with Crippen LogP contribution in [-0.2, 0) is 19.4 Å². The molecular weight excluding hydrogens is 306 g/mol. The molecule has 22 heavy (non-hydrogen) atoms. The summed E-state index contributed by atoms with van der Waals surface area (Å²) in [6.07, 6.45) is 0.724. The third-order valence-electron chi connectivity index (χ3n) is 3.71. The van der Waals surface area contributed by atoms with Crippen LogP contribution in [0.3, 0.4) is 0 Å². The van der Waals surface area contributed by atoms with Crippen molar-refractivity contribution in [1.82, 2.24) is 0 Å². The molecule has 1 aliphatic heterocycles. The number of amides is 1. The Balaban J connectivity index is 2.30. The Kier molecular flexibility index (Phi) is 4.85. The molecule has 0 saturated carbocycles. The number of sulfone groups is 1. The molecule has 6 nitrogen and oxygen atoms in total. The molecule has 1 heterocycles. The van der Waals surface area contributed by atoms with Crippen LogP contribution in [0.4, 0.5) is 5.69 Å². The van der Waals surface area contributed by atoms with Crippen molar-refractivity contribution in [1.29, 1.82) is 0 Å². The van der Waals surface area contributed by atoms with Gasteiger partial charge in [0.05, 0.1) is 30.2 Å². The Morgan fingerprint density at radius 1 is 1.27 bits per heavy atom. The molecule has 0 aliphatic carbocycles. The maximum Gasteiger partial charge on any atom is 0.337 e. The van der Waals surface area contributed by atoms with E-state index in [4.69, 9.17) is 0 Å². The van der Waals surface area contributed by atoms with Crippen molar-refractivity contribution >= 4 is 27.4 Å². The lowest BCUT2D eigenvalue weighted by molar-refractivity contribution is -0.118. The van der Waals surface area contributed by atoms with E-state index in [-0.39, 0.29) is 29.9 Å². The van der Waals surface area contributed by atoms with E-state index in [0.29, 0.717) is 17.7 Å². The number of anilines is 1. The molecule has 7 heteroatoms. The fourth-order valence-electron chi connectivity index (χ4n) is 2.58. The van der Waals surface area contributed by atoms with Crippen LogP contribution in [0.1, 0.15) is 30.1 Å². The van der Waals surface area contributed by atoms with Crippen molar-refractivity contribution in [2.24, 2.45) is 0 Å².